The van der Waals surface area contributed by atoms with Gasteiger partial charge in [-0.3, -0.25) is 9.48 Å². The van der Waals surface area contributed by atoms with Crippen molar-refractivity contribution >= 4 is 17.2 Å². The van der Waals surface area contributed by atoms with Crippen molar-refractivity contribution in [3.8, 4) is 5.75 Å². The topological polar surface area (TPSA) is 76.7 Å². The standard InChI is InChI=1S/C22H24N6O2/c1-26(2)10-11-28-15-18(13-23-28)25-22(29)17-6-5-7-20(12-17)30-16-19-14-27-9-4-3-8-21(27)24-19/h3-9,12-15H,10-11,16H2,1-2H3,(H,25,29). The first-order valence-electron chi connectivity index (χ1n) is 9.71. The molecule has 0 atom stereocenters. The normalized spacial score (nSPS) is 11.2. The number of nitrogens with one attached hydrogen (secondary N) is 1. The summed E-state index contributed by atoms with van der Waals surface area (Å²) in [6.45, 7) is 1.96. The van der Waals surface area contributed by atoms with Gasteiger partial charge in [0.2, 0.25) is 0 Å². The van der Waals surface area contributed by atoms with Crippen LogP contribution in [-0.4, -0.2) is 50.6 Å². The number of aromatic nitrogens is 4. The predicted molar refractivity (Wildman–Crippen MR) is 115 cm³/mol. The quantitative estimate of drug-likeness (QED) is 0.489. The van der Waals surface area contributed by atoms with Crippen LogP contribution in [0.2, 0.25) is 0 Å². The van der Waals surface area contributed by atoms with Gasteiger partial charge in [0.05, 0.1) is 24.1 Å². The highest BCUT2D eigenvalue weighted by molar-refractivity contribution is 6.04. The maximum absolute atomic E-state index is 12.6. The molecule has 0 radical (unpaired) electrons. The second-order valence-electron chi connectivity index (χ2n) is 7.26. The van der Waals surface area contributed by atoms with E-state index in [0.717, 1.165) is 24.4 Å². The van der Waals surface area contributed by atoms with E-state index < -0.39 is 0 Å². The molecule has 3 heterocycles. The molecule has 154 valence electrons. The highest BCUT2D eigenvalue weighted by Crippen LogP contribution is 2.17. The number of nitrogens with zero attached hydrogens (tertiary/aromatic N) is 5. The summed E-state index contributed by atoms with van der Waals surface area (Å²) in [5, 5.41) is 7.15. The second kappa shape index (κ2) is 8.79. The van der Waals surface area contributed by atoms with Crippen molar-refractivity contribution in [3.63, 3.8) is 0 Å². The molecule has 1 amide bonds. The zero-order chi connectivity index (χ0) is 20.9. The maximum Gasteiger partial charge on any atom is 0.255 e. The lowest BCUT2D eigenvalue weighted by Crippen LogP contribution is -2.18. The molecule has 30 heavy (non-hydrogen) atoms. The third kappa shape index (κ3) is 4.84. The van der Waals surface area contributed by atoms with E-state index in [1.165, 1.54) is 0 Å². The van der Waals surface area contributed by atoms with Gasteiger partial charge in [-0.05, 0) is 44.4 Å². The summed E-state index contributed by atoms with van der Waals surface area (Å²) in [5.41, 5.74) is 2.87. The van der Waals surface area contributed by atoms with Crippen LogP contribution in [0.5, 0.6) is 5.75 Å². The molecule has 0 saturated carbocycles. The molecule has 0 unspecified atom stereocenters. The van der Waals surface area contributed by atoms with E-state index >= 15 is 0 Å². The van der Waals surface area contributed by atoms with E-state index in [0.29, 0.717) is 23.6 Å². The SMILES string of the molecule is CN(C)CCn1cc(NC(=O)c2cccc(OCc3cn4ccccc4n3)c2)cn1. The fourth-order valence-electron chi connectivity index (χ4n) is 3.00. The Morgan fingerprint density at radius 3 is 2.90 bits per heavy atom. The van der Waals surface area contributed by atoms with Crippen LogP contribution in [0, 0.1) is 0 Å². The Balaban J connectivity index is 1.37. The van der Waals surface area contributed by atoms with Gasteiger partial charge in [0.1, 0.15) is 18.0 Å². The van der Waals surface area contributed by atoms with Gasteiger partial charge in [-0.15, -0.1) is 0 Å². The van der Waals surface area contributed by atoms with E-state index in [2.05, 4.69) is 20.3 Å². The molecule has 0 aliphatic carbocycles. The number of pyridine rings is 1. The average Bonchev–Trinajstić information content (AvgIpc) is 3.37. The number of ether oxygens (including phenoxy) is 1. The van der Waals surface area contributed by atoms with Crippen molar-refractivity contribution in [1.82, 2.24) is 24.1 Å². The summed E-state index contributed by atoms with van der Waals surface area (Å²) >= 11 is 0. The van der Waals surface area contributed by atoms with Crippen LogP contribution in [0.25, 0.3) is 5.65 Å². The molecular weight excluding hydrogens is 380 g/mol. The molecule has 0 aliphatic heterocycles. The Labute approximate surface area is 174 Å². The number of anilines is 1. The Morgan fingerprint density at radius 2 is 2.07 bits per heavy atom. The van der Waals surface area contributed by atoms with Crippen LogP contribution in [0.4, 0.5) is 5.69 Å². The summed E-state index contributed by atoms with van der Waals surface area (Å²) in [6, 6.07) is 12.9. The Morgan fingerprint density at radius 1 is 1.17 bits per heavy atom. The first-order valence-corrected chi connectivity index (χ1v) is 9.71. The molecule has 0 bridgehead atoms. The van der Waals surface area contributed by atoms with Gasteiger partial charge in [-0.25, -0.2) is 4.98 Å². The number of imidazole rings is 1. The Kier molecular flexibility index (Phi) is 5.76. The molecule has 0 fully saturated rings. The number of fused-ring (bicyclic) bond motifs is 1. The van der Waals surface area contributed by atoms with Gasteiger partial charge in [-0.2, -0.15) is 5.10 Å². The highest BCUT2D eigenvalue weighted by Gasteiger charge is 2.10. The predicted octanol–water partition coefficient (Wildman–Crippen LogP) is 2.92. The summed E-state index contributed by atoms with van der Waals surface area (Å²) in [5.74, 6) is 0.404. The third-order valence-electron chi connectivity index (χ3n) is 4.56. The first-order chi connectivity index (χ1) is 14.6. The van der Waals surface area contributed by atoms with Crippen LogP contribution < -0.4 is 10.1 Å². The number of rotatable bonds is 8. The fourth-order valence-corrected chi connectivity index (χ4v) is 3.00. The van der Waals surface area contributed by atoms with Crippen molar-refractivity contribution in [3.05, 3.63) is 78.5 Å². The number of likely N-dealkylation sites (N-methyl/N-ethyl adjacent to an activating group) is 1. The van der Waals surface area contributed by atoms with Crippen LogP contribution in [-0.2, 0) is 13.2 Å². The van der Waals surface area contributed by atoms with Gasteiger partial charge in [-0.1, -0.05) is 12.1 Å². The zero-order valence-electron chi connectivity index (χ0n) is 17.0. The van der Waals surface area contributed by atoms with Crippen LogP contribution in [0.3, 0.4) is 0 Å². The van der Waals surface area contributed by atoms with Gasteiger partial charge >= 0.3 is 0 Å². The zero-order valence-corrected chi connectivity index (χ0v) is 17.0. The number of carbonyl (C=O) groups is 1. The van der Waals surface area contributed by atoms with Crippen LogP contribution >= 0.6 is 0 Å². The van der Waals surface area contributed by atoms with Crippen molar-refractivity contribution in [2.75, 3.05) is 26.0 Å². The molecule has 4 rings (SSSR count). The minimum atomic E-state index is -0.208. The number of amides is 1. The van der Waals surface area contributed by atoms with E-state index in [9.17, 15) is 4.79 Å². The highest BCUT2D eigenvalue weighted by atomic mass is 16.5. The van der Waals surface area contributed by atoms with Crippen LogP contribution in [0.15, 0.2) is 67.3 Å². The number of hydrogen-bond acceptors (Lipinski definition) is 5. The smallest absolute Gasteiger partial charge is 0.255 e. The van der Waals surface area contributed by atoms with E-state index in [1.54, 1.807) is 24.4 Å². The van der Waals surface area contributed by atoms with Crippen molar-refractivity contribution in [2.45, 2.75) is 13.2 Å². The number of hydrogen-bond donors (Lipinski definition) is 1. The molecule has 1 aromatic carbocycles. The number of benzene rings is 1. The average molecular weight is 404 g/mol. The van der Waals surface area contributed by atoms with E-state index in [1.807, 2.05) is 66.0 Å². The monoisotopic (exact) mass is 404 g/mol. The van der Waals surface area contributed by atoms with E-state index in [-0.39, 0.29) is 5.91 Å². The third-order valence-corrected chi connectivity index (χ3v) is 4.56. The Hall–Kier alpha value is -3.65. The largest absolute Gasteiger partial charge is 0.487 e. The summed E-state index contributed by atoms with van der Waals surface area (Å²) in [6.07, 6.45) is 7.35. The summed E-state index contributed by atoms with van der Waals surface area (Å²) < 4.78 is 9.60. The molecular formula is C22H24N6O2. The first kappa shape index (κ1) is 19.7. The molecule has 8 nitrogen and oxygen atoms in total. The minimum absolute atomic E-state index is 0.208. The fraction of sp³-hybridized carbons (Fsp3) is 0.227. The molecule has 1 N–H and O–H groups in total. The van der Waals surface area contributed by atoms with Crippen molar-refractivity contribution in [1.29, 1.82) is 0 Å². The summed E-state index contributed by atoms with van der Waals surface area (Å²) in [4.78, 5) is 19.2. The number of carbonyl (C=O) groups excluding carboxylic acids is 1. The van der Waals surface area contributed by atoms with Gasteiger partial charge < -0.3 is 19.4 Å². The van der Waals surface area contributed by atoms with Crippen LogP contribution in [0.1, 0.15) is 16.1 Å². The second-order valence-corrected chi connectivity index (χ2v) is 7.26. The lowest BCUT2D eigenvalue weighted by atomic mass is 10.2. The minimum Gasteiger partial charge on any atom is -0.487 e. The molecule has 0 aliphatic rings. The molecule has 4 aromatic rings. The lowest BCUT2D eigenvalue weighted by Gasteiger charge is -2.08. The molecule has 8 heteroatoms. The molecule has 0 saturated heterocycles. The Bertz CT molecular complexity index is 1110. The van der Waals surface area contributed by atoms with Gasteiger partial charge in [0.15, 0.2) is 0 Å². The van der Waals surface area contributed by atoms with Crippen molar-refractivity contribution in [2.24, 2.45) is 0 Å². The molecule has 3 aromatic heterocycles. The summed E-state index contributed by atoms with van der Waals surface area (Å²) in [7, 11) is 4.02. The maximum atomic E-state index is 12.6. The molecule has 0 spiro atoms. The van der Waals surface area contributed by atoms with Crippen molar-refractivity contribution < 1.29 is 9.53 Å². The van der Waals surface area contributed by atoms with Gasteiger partial charge in [0, 0.05) is 30.7 Å². The van der Waals surface area contributed by atoms with Gasteiger partial charge in [0.25, 0.3) is 5.91 Å². The van der Waals surface area contributed by atoms with E-state index in [4.69, 9.17) is 4.74 Å². The lowest BCUT2D eigenvalue weighted by molar-refractivity contribution is 0.102.